The third-order valence-corrected chi connectivity index (χ3v) is 3.99. The summed E-state index contributed by atoms with van der Waals surface area (Å²) in [6.45, 7) is 6.90. The summed E-state index contributed by atoms with van der Waals surface area (Å²) in [4.78, 5) is 32.7. The van der Waals surface area contributed by atoms with Crippen LogP contribution in [0.15, 0.2) is 11.8 Å². The molecule has 0 unspecified atom stereocenters. The number of rotatable bonds is 8. The third-order valence-electron chi connectivity index (χ3n) is 3.37. The van der Waals surface area contributed by atoms with Crippen LogP contribution in [0.4, 0.5) is 0 Å². The molecule has 0 radical (unpaired) electrons. The second-order valence-electron chi connectivity index (χ2n) is 5.55. The number of esters is 1. The number of carbonyl (C=O) groups excluding carboxylic acids is 2. The molecule has 0 spiro atoms. The van der Waals surface area contributed by atoms with Crippen LogP contribution in [0.1, 0.15) is 37.0 Å². The number of aromatic nitrogens is 2. The fraction of sp³-hybridized carbons (Fsp3) is 0.500. The lowest BCUT2D eigenvalue weighted by Crippen LogP contribution is -2.34. The molecule has 0 aliphatic heterocycles. The van der Waals surface area contributed by atoms with Crippen LogP contribution in [0.25, 0.3) is 0 Å². The smallest absolute Gasteiger partial charge is 0.343 e. The maximum atomic E-state index is 12.7. The van der Waals surface area contributed by atoms with Crippen molar-refractivity contribution in [3.63, 3.8) is 0 Å². The Hall–Kier alpha value is -1.70. The van der Waals surface area contributed by atoms with Gasteiger partial charge in [-0.2, -0.15) is 0 Å². The summed E-state index contributed by atoms with van der Waals surface area (Å²) in [7, 11) is 0. The summed E-state index contributed by atoms with van der Waals surface area (Å²) < 4.78 is 4.91. The lowest BCUT2D eigenvalue weighted by Gasteiger charge is -2.19. The van der Waals surface area contributed by atoms with Gasteiger partial charge in [-0.3, -0.25) is 4.79 Å². The Morgan fingerprint density at radius 3 is 2.44 bits per heavy atom. The van der Waals surface area contributed by atoms with Crippen molar-refractivity contribution in [1.29, 1.82) is 0 Å². The number of hydrogen-bond acceptors (Lipinski definition) is 7. The summed E-state index contributed by atoms with van der Waals surface area (Å²) >= 11 is 11.9. The minimum Gasteiger partial charge on any atom is -0.462 e. The molecule has 1 heterocycles. The number of aryl methyl sites for hydroxylation is 1. The average Bonchev–Trinajstić information content (AvgIpc) is 2.54. The zero-order chi connectivity index (χ0) is 19.1. The van der Waals surface area contributed by atoms with E-state index in [2.05, 4.69) is 15.3 Å². The zero-order valence-electron chi connectivity index (χ0n) is 14.5. The predicted octanol–water partition coefficient (Wildman–Crippen LogP) is 2.33. The highest BCUT2D eigenvalue weighted by Gasteiger charge is 2.26. The normalized spacial score (nSPS) is 12.9. The quantitative estimate of drug-likeness (QED) is 0.231. The molecule has 9 heteroatoms. The summed E-state index contributed by atoms with van der Waals surface area (Å²) in [5.41, 5.74) is -0.191. The van der Waals surface area contributed by atoms with Crippen molar-refractivity contribution >= 4 is 35.0 Å². The first-order valence-electron chi connectivity index (χ1n) is 7.71. The molecule has 1 aromatic rings. The van der Waals surface area contributed by atoms with Gasteiger partial charge in [-0.05, 0) is 19.8 Å². The van der Waals surface area contributed by atoms with Gasteiger partial charge in [0.05, 0.1) is 24.9 Å². The van der Waals surface area contributed by atoms with E-state index < -0.39 is 11.8 Å². The molecule has 0 aliphatic carbocycles. The van der Waals surface area contributed by atoms with Crippen LogP contribution < -0.4 is 5.32 Å². The number of nitrogens with zero attached hydrogens (tertiary/aromatic N) is 2. The van der Waals surface area contributed by atoms with E-state index >= 15 is 0 Å². The second-order valence-corrected chi connectivity index (χ2v) is 6.26. The van der Waals surface area contributed by atoms with E-state index in [1.807, 2.05) is 13.8 Å². The lowest BCUT2D eigenvalue weighted by atomic mass is 10.1. The number of nitrogens with one attached hydrogen (secondary N) is 1. The van der Waals surface area contributed by atoms with Gasteiger partial charge in [0.15, 0.2) is 16.0 Å². The highest BCUT2D eigenvalue weighted by molar-refractivity contribution is 6.36. The zero-order valence-corrected chi connectivity index (χ0v) is 16.0. The van der Waals surface area contributed by atoms with Gasteiger partial charge in [0.2, 0.25) is 5.78 Å². The molecule has 1 atom stereocenters. The van der Waals surface area contributed by atoms with Crippen LogP contribution in [0.2, 0.25) is 10.3 Å². The summed E-state index contributed by atoms with van der Waals surface area (Å²) in [5.74, 6) is -1.54. The Morgan fingerprint density at radius 1 is 1.28 bits per heavy atom. The molecule has 138 valence electrons. The van der Waals surface area contributed by atoms with Crippen LogP contribution in [0.3, 0.4) is 0 Å². The van der Waals surface area contributed by atoms with Gasteiger partial charge >= 0.3 is 5.97 Å². The Balaban J connectivity index is 3.26. The minimum absolute atomic E-state index is 0.0133. The Morgan fingerprint density at radius 2 is 1.92 bits per heavy atom. The van der Waals surface area contributed by atoms with E-state index in [9.17, 15) is 14.7 Å². The number of aliphatic hydroxyl groups is 1. The average molecular weight is 390 g/mol. The van der Waals surface area contributed by atoms with Crippen molar-refractivity contribution in [1.82, 2.24) is 15.3 Å². The molecule has 0 saturated carbocycles. The number of ether oxygens (including phenoxy) is 1. The third kappa shape index (κ3) is 5.66. The highest BCUT2D eigenvalue weighted by atomic mass is 35.5. The summed E-state index contributed by atoms with van der Waals surface area (Å²) in [6.07, 6.45) is 1.20. The van der Waals surface area contributed by atoms with Crippen molar-refractivity contribution in [3.05, 3.63) is 33.5 Å². The molecule has 0 amide bonds. The summed E-state index contributed by atoms with van der Waals surface area (Å²) in [6, 6.07) is -0.347. The molecular formula is C16H21Cl2N3O4. The van der Waals surface area contributed by atoms with Crippen molar-refractivity contribution in [3.8, 4) is 0 Å². The molecule has 0 saturated heterocycles. The maximum Gasteiger partial charge on any atom is 0.343 e. The van der Waals surface area contributed by atoms with Gasteiger partial charge in [0.25, 0.3) is 0 Å². The van der Waals surface area contributed by atoms with Crippen molar-refractivity contribution in [2.75, 3.05) is 13.2 Å². The number of ketones is 1. The SMILES string of the molecule is CCOC(=O)/C(=C\N[C@H](CO)C(C)C)C(=O)c1nc(Cl)c(C)nc1Cl. The molecule has 0 fully saturated rings. The van der Waals surface area contributed by atoms with Crippen LogP contribution in [-0.2, 0) is 9.53 Å². The van der Waals surface area contributed by atoms with Crippen molar-refractivity contribution < 1.29 is 19.4 Å². The van der Waals surface area contributed by atoms with E-state index in [0.717, 1.165) is 0 Å². The second kappa shape index (κ2) is 9.70. The maximum absolute atomic E-state index is 12.7. The van der Waals surface area contributed by atoms with Crippen LogP contribution in [-0.4, -0.2) is 46.1 Å². The van der Waals surface area contributed by atoms with E-state index in [4.69, 9.17) is 27.9 Å². The Kier molecular flexibility index (Phi) is 8.28. The predicted molar refractivity (Wildman–Crippen MR) is 94.7 cm³/mol. The van der Waals surface area contributed by atoms with Gasteiger partial charge in [0, 0.05) is 6.20 Å². The van der Waals surface area contributed by atoms with Crippen molar-refractivity contribution in [2.24, 2.45) is 5.92 Å². The van der Waals surface area contributed by atoms with Gasteiger partial charge in [-0.25, -0.2) is 14.8 Å². The number of halogens is 2. The number of Topliss-reactive ketones (excluding diaryl/α,β-unsaturated/α-hetero) is 1. The number of hydrogen-bond donors (Lipinski definition) is 2. The molecule has 7 nitrogen and oxygen atoms in total. The molecule has 0 bridgehead atoms. The van der Waals surface area contributed by atoms with Crippen LogP contribution in [0.5, 0.6) is 0 Å². The lowest BCUT2D eigenvalue weighted by molar-refractivity contribution is -0.138. The van der Waals surface area contributed by atoms with E-state index in [-0.39, 0.29) is 46.7 Å². The Bertz CT molecular complexity index is 678. The fourth-order valence-electron chi connectivity index (χ4n) is 1.82. The molecular weight excluding hydrogens is 369 g/mol. The monoisotopic (exact) mass is 389 g/mol. The number of carbonyl (C=O) groups is 2. The van der Waals surface area contributed by atoms with Crippen molar-refractivity contribution in [2.45, 2.75) is 33.7 Å². The van der Waals surface area contributed by atoms with E-state index in [1.54, 1.807) is 13.8 Å². The molecule has 25 heavy (non-hydrogen) atoms. The van der Waals surface area contributed by atoms with Gasteiger partial charge in [-0.15, -0.1) is 0 Å². The van der Waals surface area contributed by atoms with Gasteiger partial charge in [-0.1, -0.05) is 37.0 Å². The summed E-state index contributed by atoms with van der Waals surface area (Å²) in [5, 5.41) is 12.1. The van der Waals surface area contributed by atoms with Crippen LogP contribution >= 0.6 is 23.2 Å². The first-order chi connectivity index (χ1) is 11.7. The van der Waals surface area contributed by atoms with Gasteiger partial charge in [0.1, 0.15) is 5.57 Å². The fourth-order valence-corrected chi connectivity index (χ4v) is 2.20. The number of aliphatic hydroxyl groups excluding tert-OH is 1. The molecule has 1 rings (SSSR count). The van der Waals surface area contributed by atoms with Gasteiger partial charge < -0.3 is 15.2 Å². The van der Waals surface area contributed by atoms with E-state index in [1.165, 1.54) is 6.20 Å². The minimum atomic E-state index is -0.838. The molecule has 2 N–H and O–H groups in total. The standard InChI is InChI=1S/C16H21Cl2N3O4/c1-5-25-16(24)10(6-19-11(7-22)8(2)3)13(23)12-15(18)20-9(4)14(17)21-12/h6,8,11,19,22H,5,7H2,1-4H3/b10-6-/t11-/m1/s1. The first-order valence-corrected chi connectivity index (χ1v) is 8.47. The van der Waals surface area contributed by atoms with Crippen LogP contribution in [0, 0.1) is 12.8 Å². The molecule has 0 aromatic carbocycles. The first kappa shape index (κ1) is 21.3. The largest absolute Gasteiger partial charge is 0.462 e. The Labute approximate surface area is 156 Å². The molecule has 0 aliphatic rings. The molecule has 1 aromatic heterocycles. The highest BCUT2D eigenvalue weighted by Crippen LogP contribution is 2.20. The van der Waals surface area contributed by atoms with E-state index in [0.29, 0.717) is 5.69 Å². The topological polar surface area (TPSA) is 101 Å².